The van der Waals surface area contributed by atoms with Gasteiger partial charge in [0.15, 0.2) is 0 Å². The molecule has 0 atom stereocenters. The second-order valence-electron chi connectivity index (χ2n) is 7.20. The van der Waals surface area contributed by atoms with Crippen molar-refractivity contribution in [2.75, 3.05) is 0 Å². The summed E-state index contributed by atoms with van der Waals surface area (Å²) in [5.74, 6) is 1.56. The molecular weight excluding hydrogens is 404 g/mol. The van der Waals surface area contributed by atoms with Gasteiger partial charge in [-0.3, -0.25) is 4.79 Å². The summed E-state index contributed by atoms with van der Waals surface area (Å²) in [6, 6.07) is 27.0. The molecule has 3 aromatic carbocycles. The van der Waals surface area contributed by atoms with Crippen LogP contribution in [-0.2, 0) is 13.0 Å². The zero-order valence-electron chi connectivity index (χ0n) is 17.1. The third kappa shape index (κ3) is 4.09. The predicted octanol–water partition coefficient (Wildman–Crippen LogP) is 4.88. The van der Waals surface area contributed by atoms with Crippen molar-refractivity contribution < 1.29 is 15.4 Å². The van der Waals surface area contributed by atoms with Crippen LogP contribution in [0.25, 0.3) is 5.84 Å². The molecular formula is C25H22N4O3. The molecule has 0 bridgehead atoms. The Morgan fingerprint density at radius 2 is 1.69 bits per heavy atom. The first kappa shape index (κ1) is 19.6. The predicted molar refractivity (Wildman–Crippen MR) is 121 cm³/mol. The van der Waals surface area contributed by atoms with Gasteiger partial charge in [0.1, 0.15) is 23.5 Å². The van der Waals surface area contributed by atoms with E-state index in [1.165, 1.54) is 6.33 Å². The number of aromatic nitrogens is 3. The molecule has 0 fully saturated rings. The Balaban J connectivity index is 0.00000259. The van der Waals surface area contributed by atoms with Gasteiger partial charge in [-0.25, -0.2) is 0 Å². The number of para-hydroxylation sites is 2. The molecule has 2 heterocycles. The Bertz CT molecular complexity index is 1350. The monoisotopic (exact) mass is 426 g/mol. The fourth-order valence-electron chi connectivity index (χ4n) is 3.47. The number of hydrogen-bond acceptors (Lipinski definition) is 5. The molecule has 0 aliphatic carbocycles. The first-order chi connectivity index (χ1) is 15.8. The Labute approximate surface area is 185 Å². The number of nitrogens with zero attached hydrogens (tertiary/aromatic N) is 3. The number of oxazole rings is 1. The SMILES string of the molecule is O=C(NCc1ccccc1Oc1ccccc1)c1oc2ncnn2c1Cc1ccccc1.[HH]. The van der Waals surface area contributed by atoms with E-state index < -0.39 is 0 Å². The number of amides is 1. The highest BCUT2D eigenvalue weighted by Crippen LogP contribution is 2.25. The normalized spacial score (nSPS) is 10.9. The lowest BCUT2D eigenvalue weighted by atomic mass is 10.1. The molecule has 1 N–H and O–H groups in total. The van der Waals surface area contributed by atoms with Crippen molar-refractivity contribution in [3.05, 3.63) is 114 Å². The van der Waals surface area contributed by atoms with E-state index in [4.69, 9.17) is 9.15 Å². The molecule has 0 saturated heterocycles. The van der Waals surface area contributed by atoms with Crippen LogP contribution in [0, 0.1) is 0 Å². The van der Waals surface area contributed by atoms with E-state index >= 15 is 0 Å². The zero-order valence-corrected chi connectivity index (χ0v) is 17.1. The number of carbonyl (C=O) groups is 1. The summed E-state index contributed by atoms with van der Waals surface area (Å²) in [7, 11) is 0. The lowest BCUT2D eigenvalue weighted by Crippen LogP contribution is -2.24. The lowest BCUT2D eigenvalue weighted by Gasteiger charge is -2.12. The Kier molecular flexibility index (Phi) is 5.36. The Morgan fingerprint density at radius 1 is 0.969 bits per heavy atom. The molecule has 0 unspecified atom stereocenters. The summed E-state index contributed by atoms with van der Waals surface area (Å²) < 4.78 is 13.3. The third-order valence-corrected chi connectivity index (χ3v) is 5.03. The Morgan fingerprint density at radius 3 is 2.50 bits per heavy atom. The molecule has 0 spiro atoms. The number of hydrogen-bond donors (Lipinski definition) is 1. The highest BCUT2D eigenvalue weighted by Gasteiger charge is 2.22. The fraction of sp³-hybridized carbons (Fsp3) is 0.0800. The van der Waals surface area contributed by atoms with Gasteiger partial charge in [0.05, 0.1) is 0 Å². The van der Waals surface area contributed by atoms with E-state index in [0.717, 1.165) is 16.9 Å². The highest BCUT2D eigenvalue weighted by molar-refractivity contribution is 5.93. The van der Waals surface area contributed by atoms with E-state index in [0.29, 0.717) is 17.9 Å². The van der Waals surface area contributed by atoms with Crippen LogP contribution in [-0.4, -0.2) is 20.5 Å². The van der Waals surface area contributed by atoms with E-state index in [1.807, 2.05) is 84.9 Å². The number of fused-ring (bicyclic) bond motifs is 1. The maximum absolute atomic E-state index is 13.1. The number of carbonyl (C=O) groups excluding carboxylic acids is 1. The van der Waals surface area contributed by atoms with Crippen LogP contribution in [0.5, 0.6) is 11.5 Å². The number of ether oxygens (including phenoxy) is 1. The second-order valence-corrected chi connectivity index (χ2v) is 7.20. The molecule has 160 valence electrons. The fourth-order valence-corrected chi connectivity index (χ4v) is 3.47. The molecule has 5 aromatic rings. The van der Waals surface area contributed by atoms with Crippen molar-refractivity contribution >= 4 is 11.8 Å². The molecule has 5 rings (SSSR count). The molecule has 0 saturated carbocycles. The minimum Gasteiger partial charge on any atom is -0.457 e. The van der Waals surface area contributed by atoms with Crippen LogP contribution >= 0.6 is 0 Å². The van der Waals surface area contributed by atoms with Gasteiger partial charge in [0.2, 0.25) is 5.76 Å². The van der Waals surface area contributed by atoms with Crippen molar-refractivity contribution in [3.63, 3.8) is 0 Å². The topological polar surface area (TPSA) is 81.7 Å². The first-order valence-corrected chi connectivity index (χ1v) is 10.2. The van der Waals surface area contributed by atoms with Crippen LogP contribution < -0.4 is 10.1 Å². The molecule has 2 aromatic heterocycles. The molecule has 32 heavy (non-hydrogen) atoms. The molecule has 0 aliphatic heterocycles. The van der Waals surface area contributed by atoms with Crippen LogP contribution in [0.3, 0.4) is 0 Å². The second kappa shape index (κ2) is 8.77. The van der Waals surface area contributed by atoms with Crippen molar-refractivity contribution in [1.82, 2.24) is 19.9 Å². The van der Waals surface area contributed by atoms with Crippen LogP contribution in [0.1, 0.15) is 28.8 Å². The van der Waals surface area contributed by atoms with Gasteiger partial charge in [0.25, 0.3) is 5.91 Å². The first-order valence-electron chi connectivity index (χ1n) is 10.2. The molecule has 0 radical (unpaired) electrons. The summed E-state index contributed by atoms with van der Waals surface area (Å²) in [6.45, 7) is 0.281. The third-order valence-electron chi connectivity index (χ3n) is 5.03. The summed E-state index contributed by atoms with van der Waals surface area (Å²) >= 11 is 0. The van der Waals surface area contributed by atoms with Gasteiger partial charge in [-0.05, 0) is 23.8 Å². The van der Waals surface area contributed by atoms with Crippen molar-refractivity contribution in [2.24, 2.45) is 0 Å². The van der Waals surface area contributed by atoms with Crippen LogP contribution in [0.15, 0.2) is 95.7 Å². The van der Waals surface area contributed by atoms with Crippen molar-refractivity contribution in [1.29, 1.82) is 0 Å². The lowest BCUT2D eigenvalue weighted by molar-refractivity contribution is 0.0923. The quantitative estimate of drug-likeness (QED) is 0.401. The van der Waals surface area contributed by atoms with Crippen LogP contribution in [0.4, 0.5) is 0 Å². The van der Waals surface area contributed by atoms with Gasteiger partial charge in [-0.15, -0.1) is 0 Å². The minimum absolute atomic E-state index is 0. The summed E-state index contributed by atoms with van der Waals surface area (Å²) in [6.07, 6.45) is 1.90. The van der Waals surface area contributed by atoms with E-state index in [1.54, 1.807) is 4.52 Å². The summed E-state index contributed by atoms with van der Waals surface area (Å²) in [5, 5.41) is 7.15. The van der Waals surface area contributed by atoms with E-state index in [-0.39, 0.29) is 25.5 Å². The number of nitrogens with one attached hydrogen (secondary N) is 1. The number of rotatable bonds is 7. The highest BCUT2D eigenvalue weighted by atomic mass is 16.5. The summed E-state index contributed by atoms with van der Waals surface area (Å²) in [5.41, 5.74) is 2.54. The van der Waals surface area contributed by atoms with Gasteiger partial charge in [-0.1, -0.05) is 66.7 Å². The largest absolute Gasteiger partial charge is 0.457 e. The maximum Gasteiger partial charge on any atom is 0.325 e. The number of benzene rings is 3. The minimum atomic E-state index is -0.335. The maximum atomic E-state index is 13.1. The zero-order chi connectivity index (χ0) is 21.8. The average Bonchev–Trinajstić information content (AvgIpc) is 3.42. The van der Waals surface area contributed by atoms with E-state index in [2.05, 4.69) is 15.4 Å². The smallest absolute Gasteiger partial charge is 0.325 e. The van der Waals surface area contributed by atoms with Gasteiger partial charge in [-0.2, -0.15) is 14.6 Å². The van der Waals surface area contributed by atoms with Crippen LogP contribution in [0.2, 0.25) is 0 Å². The van der Waals surface area contributed by atoms with Gasteiger partial charge < -0.3 is 14.5 Å². The molecule has 7 nitrogen and oxygen atoms in total. The molecule has 7 heteroatoms. The summed E-state index contributed by atoms with van der Waals surface area (Å²) in [4.78, 5) is 17.1. The average molecular weight is 426 g/mol. The van der Waals surface area contributed by atoms with Gasteiger partial charge >= 0.3 is 5.84 Å². The standard InChI is InChI=1S/C25H20N4O3.H2/c30-24(26-16-19-11-7-8-14-22(19)31-20-12-5-2-6-13-20)23-21(15-18-9-3-1-4-10-18)29-25(32-23)27-17-28-29;/h1-14,17H,15-16H2,(H,26,30);1H. The van der Waals surface area contributed by atoms with Crippen molar-refractivity contribution in [2.45, 2.75) is 13.0 Å². The van der Waals surface area contributed by atoms with E-state index in [9.17, 15) is 4.79 Å². The molecule has 1 amide bonds. The van der Waals surface area contributed by atoms with Crippen molar-refractivity contribution in [3.8, 4) is 11.5 Å². The molecule has 0 aliphatic rings. The van der Waals surface area contributed by atoms with Gasteiger partial charge in [0, 0.05) is 20.0 Å². The Hall–Kier alpha value is -4.39.